The molecule has 0 saturated carbocycles. The van der Waals surface area contributed by atoms with Crippen LogP contribution in [0, 0.1) is 0 Å². The summed E-state index contributed by atoms with van der Waals surface area (Å²) in [7, 11) is -4.22. The number of carbonyl (C=O) groups is 1. The van der Waals surface area contributed by atoms with Gasteiger partial charge in [0, 0.05) is 11.4 Å². The van der Waals surface area contributed by atoms with E-state index < -0.39 is 40.5 Å². The second-order valence-corrected chi connectivity index (χ2v) is 6.99. The van der Waals surface area contributed by atoms with Gasteiger partial charge in [0.25, 0.3) is 0 Å². The third kappa shape index (κ3) is 5.15. The van der Waals surface area contributed by atoms with Gasteiger partial charge in [-0.1, -0.05) is 11.6 Å². The number of carbonyl (C=O) groups excluding carboxylic acids is 1. The molecule has 1 aromatic rings. The summed E-state index contributed by atoms with van der Waals surface area (Å²) < 4.78 is 63.1. The smallest absolute Gasteiger partial charge is 0.368 e. The molecule has 0 heterocycles. The minimum atomic E-state index is -4.54. The lowest BCUT2D eigenvalue weighted by molar-refractivity contribution is -0.141. The van der Waals surface area contributed by atoms with E-state index in [4.69, 9.17) is 17.3 Å². The Balaban J connectivity index is 3.03. The van der Waals surface area contributed by atoms with Crippen molar-refractivity contribution in [2.45, 2.75) is 36.4 Å². The first kappa shape index (κ1) is 18.7. The highest BCUT2D eigenvalue weighted by molar-refractivity contribution is 7.89. The maximum Gasteiger partial charge on any atom is 0.389 e. The molecule has 124 valence electrons. The van der Waals surface area contributed by atoms with E-state index in [1.165, 1.54) is 12.1 Å². The number of hydrogen-bond acceptors (Lipinski definition) is 3. The van der Waals surface area contributed by atoms with Crippen molar-refractivity contribution in [3.05, 3.63) is 29.3 Å². The lowest BCUT2D eigenvalue weighted by Crippen LogP contribution is -2.55. The van der Waals surface area contributed by atoms with Gasteiger partial charge >= 0.3 is 6.18 Å². The lowest BCUT2D eigenvalue weighted by Gasteiger charge is -2.27. The van der Waals surface area contributed by atoms with E-state index in [0.29, 0.717) is 0 Å². The molecule has 0 aliphatic heterocycles. The van der Waals surface area contributed by atoms with Gasteiger partial charge in [0.1, 0.15) is 5.54 Å². The average molecular weight is 359 g/mol. The molecule has 0 bridgehead atoms. The van der Waals surface area contributed by atoms with E-state index in [9.17, 15) is 26.4 Å². The average Bonchev–Trinajstić information content (AvgIpc) is 2.35. The largest absolute Gasteiger partial charge is 0.389 e. The number of amides is 1. The van der Waals surface area contributed by atoms with Crippen molar-refractivity contribution in [3.63, 3.8) is 0 Å². The first-order chi connectivity index (χ1) is 9.86. The van der Waals surface area contributed by atoms with Crippen molar-refractivity contribution in [1.29, 1.82) is 0 Å². The van der Waals surface area contributed by atoms with E-state index >= 15 is 0 Å². The molecule has 0 fully saturated rings. The summed E-state index contributed by atoms with van der Waals surface area (Å²) in [5, 5.41) is 0.286. The summed E-state index contributed by atoms with van der Waals surface area (Å²) in [6, 6.07) is 4.92. The number of halogens is 4. The zero-order valence-corrected chi connectivity index (χ0v) is 13.0. The highest BCUT2D eigenvalue weighted by Crippen LogP contribution is 2.27. The van der Waals surface area contributed by atoms with Crippen molar-refractivity contribution >= 4 is 27.5 Å². The van der Waals surface area contributed by atoms with Gasteiger partial charge in [-0.25, -0.2) is 8.42 Å². The molecule has 5 nitrogen and oxygen atoms in total. The fourth-order valence-corrected chi connectivity index (χ4v) is 3.12. The van der Waals surface area contributed by atoms with Crippen LogP contribution >= 0.6 is 11.6 Å². The highest BCUT2D eigenvalue weighted by Gasteiger charge is 2.40. The van der Waals surface area contributed by atoms with Gasteiger partial charge in [0.05, 0.1) is 4.90 Å². The van der Waals surface area contributed by atoms with Crippen molar-refractivity contribution in [1.82, 2.24) is 4.72 Å². The molecule has 1 amide bonds. The predicted molar refractivity (Wildman–Crippen MR) is 74.7 cm³/mol. The van der Waals surface area contributed by atoms with Crippen LogP contribution in [0.25, 0.3) is 0 Å². The van der Waals surface area contributed by atoms with Crippen LogP contribution in [0.15, 0.2) is 29.2 Å². The Morgan fingerprint density at radius 1 is 1.23 bits per heavy atom. The second-order valence-electron chi connectivity index (χ2n) is 4.87. The highest BCUT2D eigenvalue weighted by atomic mass is 35.5. The summed E-state index contributed by atoms with van der Waals surface area (Å²) in [6.45, 7) is 1.01. The first-order valence-electron chi connectivity index (χ1n) is 6.02. The van der Waals surface area contributed by atoms with Crippen LogP contribution in [0.2, 0.25) is 5.02 Å². The van der Waals surface area contributed by atoms with E-state index in [1.54, 1.807) is 0 Å². The first-order valence-corrected chi connectivity index (χ1v) is 7.88. The molecule has 22 heavy (non-hydrogen) atoms. The summed E-state index contributed by atoms with van der Waals surface area (Å²) >= 11 is 5.63. The van der Waals surface area contributed by atoms with Gasteiger partial charge in [-0.05, 0) is 37.6 Å². The fraction of sp³-hybridized carbons (Fsp3) is 0.417. The number of primary amides is 1. The van der Waals surface area contributed by atoms with Gasteiger partial charge in [-0.3, -0.25) is 4.79 Å². The van der Waals surface area contributed by atoms with Crippen molar-refractivity contribution in [3.8, 4) is 0 Å². The number of nitrogens with two attached hydrogens (primary N) is 1. The topological polar surface area (TPSA) is 89.3 Å². The minimum absolute atomic E-state index is 0.239. The standard InChI is InChI=1S/C12H14ClF3N2O3S/c1-11(10(17)19,6-7-12(14,15)16)18-22(20,21)9-4-2-8(13)3-5-9/h2-5,18H,6-7H2,1H3,(H2,17,19)/t11-/m1/s1. The van der Waals surface area contributed by atoms with E-state index in [-0.39, 0.29) is 9.92 Å². The van der Waals surface area contributed by atoms with E-state index in [2.05, 4.69) is 0 Å². The number of rotatable bonds is 6. The SMILES string of the molecule is C[C@](CCC(F)(F)F)(NS(=O)(=O)c1ccc(Cl)cc1)C(N)=O. The summed E-state index contributed by atoms with van der Waals surface area (Å²) in [5.41, 5.74) is 2.99. The van der Waals surface area contributed by atoms with Crippen molar-refractivity contribution in [2.75, 3.05) is 0 Å². The molecule has 0 aliphatic carbocycles. The molecule has 1 aromatic carbocycles. The predicted octanol–water partition coefficient (Wildman–Crippen LogP) is 2.20. The summed E-state index contributed by atoms with van der Waals surface area (Å²) in [4.78, 5) is 11.2. The molecular weight excluding hydrogens is 345 g/mol. The van der Waals surface area contributed by atoms with Gasteiger partial charge in [-0.2, -0.15) is 17.9 Å². The molecular formula is C12H14ClF3N2O3S. The Kier molecular flexibility index (Phi) is 5.47. The zero-order valence-electron chi connectivity index (χ0n) is 11.4. The zero-order chi connectivity index (χ0) is 17.2. The number of sulfonamides is 1. The molecule has 0 spiro atoms. The Hall–Kier alpha value is -1.32. The normalized spacial score (nSPS) is 15.3. The van der Waals surface area contributed by atoms with Crippen molar-refractivity contribution < 1.29 is 26.4 Å². The maximum atomic E-state index is 12.3. The Morgan fingerprint density at radius 3 is 2.14 bits per heavy atom. The van der Waals surface area contributed by atoms with Gasteiger partial charge in [0.15, 0.2) is 0 Å². The van der Waals surface area contributed by atoms with Crippen LogP contribution in [0.4, 0.5) is 13.2 Å². The number of alkyl halides is 3. The molecule has 0 radical (unpaired) electrons. The minimum Gasteiger partial charge on any atom is -0.368 e. The molecule has 1 rings (SSSR count). The Morgan fingerprint density at radius 2 is 1.73 bits per heavy atom. The number of benzene rings is 1. The van der Waals surface area contributed by atoms with Gasteiger partial charge < -0.3 is 5.73 Å². The molecule has 0 aliphatic rings. The molecule has 10 heteroatoms. The third-order valence-electron chi connectivity index (χ3n) is 2.94. The second kappa shape index (κ2) is 6.43. The fourth-order valence-electron chi connectivity index (χ4n) is 1.59. The summed E-state index contributed by atoms with van der Waals surface area (Å²) in [6.07, 6.45) is -6.70. The molecule has 0 aromatic heterocycles. The molecule has 1 atom stereocenters. The third-order valence-corrected chi connectivity index (χ3v) is 4.80. The van der Waals surface area contributed by atoms with Crippen LogP contribution in [-0.2, 0) is 14.8 Å². The molecule has 0 saturated heterocycles. The molecule has 3 N–H and O–H groups in total. The van der Waals surface area contributed by atoms with E-state index in [0.717, 1.165) is 19.1 Å². The van der Waals surface area contributed by atoms with Crippen molar-refractivity contribution in [2.24, 2.45) is 5.73 Å². The number of nitrogens with one attached hydrogen (secondary N) is 1. The Bertz CT molecular complexity index is 647. The van der Waals surface area contributed by atoms with Crippen LogP contribution in [0.1, 0.15) is 19.8 Å². The van der Waals surface area contributed by atoms with Crippen LogP contribution in [-0.4, -0.2) is 26.0 Å². The summed E-state index contributed by atoms with van der Waals surface area (Å²) in [5.74, 6) is -1.20. The number of hydrogen-bond donors (Lipinski definition) is 2. The van der Waals surface area contributed by atoms with Gasteiger partial charge in [0.2, 0.25) is 15.9 Å². The van der Waals surface area contributed by atoms with Crippen LogP contribution in [0.3, 0.4) is 0 Å². The monoisotopic (exact) mass is 358 g/mol. The Labute approximate surface area is 130 Å². The maximum absolute atomic E-state index is 12.3. The van der Waals surface area contributed by atoms with Crippen LogP contribution < -0.4 is 10.5 Å². The van der Waals surface area contributed by atoms with E-state index in [1.807, 2.05) is 4.72 Å². The lowest BCUT2D eigenvalue weighted by atomic mass is 9.96. The van der Waals surface area contributed by atoms with Gasteiger partial charge in [-0.15, -0.1) is 0 Å². The van der Waals surface area contributed by atoms with Crippen LogP contribution in [0.5, 0.6) is 0 Å². The molecule has 0 unspecified atom stereocenters. The quantitative estimate of drug-likeness (QED) is 0.817.